The van der Waals surface area contributed by atoms with Crippen molar-refractivity contribution < 1.29 is 29.3 Å². The second-order valence-electron chi connectivity index (χ2n) is 6.77. The predicted octanol–water partition coefficient (Wildman–Crippen LogP) is -2.18. The van der Waals surface area contributed by atoms with Crippen LogP contribution in [0.25, 0.3) is 0 Å². The summed E-state index contributed by atoms with van der Waals surface area (Å²) in [4.78, 5) is 44.1. The number of nitrogens with two attached hydrogens (primary N) is 1. The Morgan fingerprint density at radius 2 is 2.04 bits per heavy atom. The molecule has 2 heterocycles. The van der Waals surface area contributed by atoms with E-state index in [0.717, 1.165) is 37.6 Å². The van der Waals surface area contributed by atoms with E-state index in [1.807, 2.05) is 6.92 Å². The normalized spacial score (nSPS) is 21.2. The Bertz CT molecular complexity index is 760. The lowest BCUT2D eigenvalue weighted by Crippen LogP contribution is -3.20. The van der Waals surface area contributed by atoms with Gasteiger partial charge in [-0.3, -0.25) is 19.9 Å². The Labute approximate surface area is 163 Å². The van der Waals surface area contributed by atoms with Gasteiger partial charge >= 0.3 is 6.03 Å². The van der Waals surface area contributed by atoms with Gasteiger partial charge in [-0.15, -0.1) is 0 Å². The summed E-state index contributed by atoms with van der Waals surface area (Å²) in [6.07, 6.45) is 1.36. The fraction of sp³-hybridized carbons (Fsp3) is 0.474. The van der Waals surface area contributed by atoms with Gasteiger partial charge in [0.1, 0.15) is 31.9 Å². The first-order chi connectivity index (χ1) is 13.6. The smallest absolute Gasteiger partial charge is 0.335 e. The number of ether oxygens (including phenoxy) is 1. The van der Waals surface area contributed by atoms with E-state index in [2.05, 4.69) is 15.6 Å². The second-order valence-corrected chi connectivity index (χ2v) is 6.77. The predicted molar refractivity (Wildman–Crippen MR) is 103 cm³/mol. The van der Waals surface area contributed by atoms with Crippen LogP contribution in [0.2, 0.25) is 0 Å². The fourth-order valence-electron chi connectivity index (χ4n) is 3.40. The van der Waals surface area contributed by atoms with Crippen LogP contribution in [-0.2, 0) is 9.59 Å². The number of imide groups is 2. The molecule has 0 bridgehead atoms. The molecule has 0 saturated carbocycles. The number of rotatable bonds is 7. The molecule has 1 atom stereocenters. The number of para-hydroxylation sites is 2. The summed E-state index contributed by atoms with van der Waals surface area (Å²) in [5.74, 6) is -1.99. The van der Waals surface area contributed by atoms with Crippen molar-refractivity contribution in [3.63, 3.8) is 0 Å². The van der Waals surface area contributed by atoms with Gasteiger partial charge < -0.3 is 15.0 Å². The number of nitrogens with zero attached hydrogens (tertiary/aromatic N) is 2. The minimum Gasteiger partial charge on any atom is -0.492 e. The SMILES string of the molecule is CCOc1ccccc1N1C(=O)NC(=O)[C@@H](C=NCC[NH+]2CC[NH2+]CC2)C1=O. The standard InChI is InChI=1S/C19H25N5O4/c1-2-28-16-6-4-3-5-15(16)24-18(26)14(17(25)22-19(24)27)13-21-9-12-23-10-7-20-8-11-23/h3-6,13-14,20H,2,7-12H2,1H3,(H,22,25,27)/p+2/t14-/m1/s1. The van der Waals surface area contributed by atoms with Crippen molar-refractivity contribution in [3.8, 4) is 5.75 Å². The number of benzene rings is 1. The average Bonchev–Trinajstić information content (AvgIpc) is 2.69. The van der Waals surface area contributed by atoms with Crippen molar-refractivity contribution >= 4 is 29.7 Å². The molecule has 0 unspecified atom stereocenters. The molecule has 9 nitrogen and oxygen atoms in total. The first kappa shape index (κ1) is 20.0. The number of aliphatic imine (C=N–C) groups is 1. The molecule has 2 aliphatic rings. The molecule has 2 aliphatic heterocycles. The summed E-state index contributed by atoms with van der Waals surface area (Å²) < 4.78 is 5.52. The van der Waals surface area contributed by atoms with Gasteiger partial charge in [0.25, 0.3) is 5.91 Å². The van der Waals surface area contributed by atoms with Gasteiger partial charge in [0, 0.05) is 6.21 Å². The fourth-order valence-corrected chi connectivity index (χ4v) is 3.40. The van der Waals surface area contributed by atoms with E-state index in [9.17, 15) is 14.4 Å². The summed E-state index contributed by atoms with van der Waals surface area (Å²) in [5.41, 5.74) is 0.312. The molecule has 0 aliphatic carbocycles. The van der Waals surface area contributed by atoms with Gasteiger partial charge in [-0.1, -0.05) is 12.1 Å². The topological polar surface area (TPSA) is 109 Å². The molecule has 0 spiro atoms. The van der Waals surface area contributed by atoms with Crippen molar-refractivity contribution in [2.75, 3.05) is 50.8 Å². The highest BCUT2D eigenvalue weighted by Gasteiger charge is 2.41. The van der Waals surface area contributed by atoms with E-state index in [1.165, 1.54) is 11.1 Å². The van der Waals surface area contributed by atoms with Crippen LogP contribution in [-0.4, -0.2) is 69.9 Å². The molecule has 4 amide bonds. The molecule has 9 heteroatoms. The van der Waals surface area contributed by atoms with Gasteiger partial charge in [0.15, 0.2) is 5.92 Å². The van der Waals surface area contributed by atoms with Crippen molar-refractivity contribution in [3.05, 3.63) is 24.3 Å². The van der Waals surface area contributed by atoms with Gasteiger partial charge in [-0.25, -0.2) is 9.69 Å². The highest BCUT2D eigenvalue weighted by atomic mass is 16.5. The van der Waals surface area contributed by atoms with Crippen LogP contribution >= 0.6 is 0 Å². The largest absolute Gasteiger partial charge is 0.492 e. The number of piperazine rings is 1. The van der Waals surface area contributed by atoms with Crippen LogP contribution in [0.15, 0.2) is 29.3 Å². The number of urea groups is 1. The van der Waals surface area contributed by atoms with E-state index in [4.69, 9.17) is 4.74 Å². The first-order valence-electron chi connectivity index (χ1n) is 9.67. The molecule has 3 rings (SSSR count). The summed E-state index contributed by atoms with van der Waals surface area (Å²) in [6, 6.07) is 5.98. The number of hydrogen-bond acceptors (Lipinski definition) is 5. The number of carbonyl (C=O) groups is 3. The number of nitrogens with one attached hydrogen (secondary N) is 2. The Hall–Kier alpha value is -2.78. The van der Waals surface area contributed by atoms with E-state index in [1.54, 1.807) is 24.3 Å². The van der Waals surface area contributed by atoms with E-state index >= 15 is 0 Å². The molecular formula is C19H27N5O4+2. The lowest BCUT2D eigenvalue weighted by molar-refractivity contribution is -0.945. The quantitative estimate of drug-likeness (QED) is 0.364. The van der Waals surface area contributed by atoms with Crippen LogP contribution < -0.4 is 25.2 Å². The van der Waals surface area contributed by atoms with Crippen molar-refractivity contribution in [1.82, 2.24) is 5.32 Å². The number of carbonyl (C=O) groups excluding carboxylic acids is 3. The third-order valence-electron chi connectivity index (χ3n) is 4.86. The van der Waals surface area contributed by atoms with Crippen LogP contribution in [0.3, 0.4) is 0 Å². The highest BCUT2D eigenvalue weighted by Crippen LogP contribution is 2.30. The molecule has 2 fully saturated rings. The maximum Gasteiger partial charge on any atom is 0.335 e. The number of anilines is 1. The lowest BCUT2D eigenvalue weighted by Gasteiger charge is -2.29. The van der Waals surface area contributed by atoms with E-state index < -0.39 is 23.8 Å². The van der Waals surface area contributed by atoms with Gasteiger partial charge in [0.2, 0.25) is 5.91 Å². The summed E-state index contributed by atoms with van der Waals surface area (Å²) in [7, 11) is 0. The summed E-state index contributed by atoms with van der Waals surface area (Å²) >= 11 is 0. The van der Waals surface area contributed by atoms with E-state index in [-0.39, 0.29) is 0 Å². The number of hydrogen-bond donors (Lipinski definition) is 3. The number of quaternary nitrogens is 2. The van der Waals surface area contributed by atoms with Crippen molar-refractivity contribution in [1.29, 1.82) is 0 Å². The molecule has 4 N–H and O–H groups in total. The monoisotopic (exact) mass is 389 g/mol. The summed E-state index contributed by atoms with van der Waals surface area (Å²) in [5, 5.41) is 4.53. The molecular weight excluding hydrogens is 362 g/mol. The highest BCUT2D eigenvalue weighted by molar-refractivity contribution is 6.32. The minimum atomic E-state index is -1.13. The molecule has 0 radical (unpaired) electrons. The zero-order chi connectivity index (χ0) is 19.9. The van der Waals surface area contributed by atoms with Crippen LogP contribution in [0.5, 0.6) is 5.75 Å². The van der Waals surface area contributed by atoms with E-state index in [0.29, 0.717) is 24.6 Å². The maximum absolute atomic E-state index is 12.9. The zero-order valence-corrected chi connectivity index (χ0v) is 16.0. The van der Waals surface area contributed by atoms with Gasteiger partial charge in [0.05, 0.1) is 25.4 Å². The maximum atomic E-state index is 12.9. The zero-order valence-electron chi connectivity index (χ0n) is 16.0. The average molecular weight is 389 g/mol. The summed E-state index contributed by atoms with van der Waals surface area (Å²) in [6.45, 7) is 8.01. The molecule has 1 aromatic carbocycles. The molecule has 0 aromatic heterocycles. The van der Waals surface area contributed by atoms with Crippen LogP contribution in [0.4, 0.5) is 10.5 Å². The van der Waals surface area contributed by atoms with Crippen LogP contribution in [0.1, 0.15) is 6.92 Å². The second kappa shape index (κ2) is 9.43. The molecule has 28 heavy (non-hydrogen) atoms. The third-order valence-corrected chi connectivity index (χ3v) is 4.86. The molecule has 150 valence electrons. The Morgan fingerprint density at radius 3 is 2.79 bits per heavy atom. The van der Waals surface area contributed by atoms with Crippen LogP contribution in [0, 0.1) is 5.92 Å². The Balaban J connectivity index is 1.70. The molecule has 2 saturated heterocycles. The lowest BCUT2D eigenvalue weighted by atomic mass is 10.1. The Morgan fingerprint density at radius 1 is 1.29 bits per heavy atom. The minimum absolute atomic E-state index is 0.312. The van der Waals surface area contributed by atoms with Gasteiger partial charge in [-0.05, 0) is 19.1 Å². The molecule has 1 aromatic rings. The van der Waals surface area contributed by atoms with Crippen molar-refractivity contribution in [2.24, 2.45) is 10.9 Å². The van der Waals surface area contributed by atoms with Crippen molar-refractivity contribution in [2.45, 2.75) is 6.92 Å². The Kier molecular flexibility index (Phi) is 6.72. The number of amides is 4. The first-order valence-corrected chi connectivity index (χ1v) is 9.67. The van der Waals surface area contributed by atoms with Gasteiger partial charge in [-0.2, -0.15) is 0 Å². The number of barbiturate groups is 1. The third kappa shape index (κ3) is 4.55.